The first-order valence-corrected chi connectivity index (χ1v) is 9.59. The third-order valence-corrected chi connectivity index (χ3v) is 4.47. The van der Waals surface area contributed by atoms with E-state index in [1.165, 1.54) is 13.2 Å². The fraction of sp³-hybridized carbons (Fsp3) is 0.409. The number of nitrogens with one attached hydrogen (secondary N) is 1. The maximum Gasteiger partial charge on any atom is 0.422 e. The van der Waals surface area contributed by atoms with Crippen molar-refractivity contribution in [1.82, 2.24) is 5.32 Å². The van der Waals surface area contributed by atoms with E-state index >= 15 is 0 Å². The minimum absolute atomic E-state index is 0.00136. The zero-order valence-electron chi connectivity index (χ0n) is 17.7. The molecule has 0 heterocycles. The summed E-state index contributed by atoms with van der Waals surface area (Å²) < 4.78 is 57.3. The van der Waals surface area contributed by atoms with Gasteiger partial charge in [0.1, 0.15) is 11.5 Å². The predicted molar refractivity (Wildman–Crippen MR) is 109 cm³/mol. The normalized spacial score (nSPS) is 11.0. The smallest absolute Gasteiger partial charge is 0.422 e. The van der Waals surface area contributed by atoms with E-state index in [0.717, 1.165) is 11.1 Å². The Hall–Kier alpha value is -3.10. The first-order chi connectivity index (χ1) is 14.8. The average Bonchev–Trinajstić information content (AvgIpc) is 2.76. The molecule has 0 aliphatic carbocycles. The Morgan fingerprint density at radius 2 is 1.65 bits per heavy atom. The first-order valence-electron chi connectivity index (χ1n) is 9.59. The summed E-state index contributed by atoms with van der Waals surface area (Å²) in [5.74, 6) is 1.43. The van der Waals surface area contributed by atoms with E-state index in [2.05, 4.69) is 5.32 Å². The highest BCUT2D eigenvalue weighted by Gasteiger charge is 2.29. The Balaban J connectivity index is 1.83. The summed E-state index contributed by atoms with van der Waals surface area (Å²) >= 11 is 0. The molecule has 1 amide bonds. The van der Waals surface area contributed by atoms with Gasteiger partial charge in [0.05, 0.1) is 21.3 Å². The highest BCUT2D eigenvalue weighted by Crippen LogP contribution is 2.30. The summed E-state index contributed by atoms with van der Waals surface area (Å²) in [6, 6.07) is 10.1. The number of amides is 1. The second kappa shape index (κ2) is 11.3. The zero-order valence-corrected chi connectivity index (χ0v) is 17.7. The lowest BCUT2D eigenvalue weighted by molar-refractivity contribution is -0.153. The van der Waals surface area contributed by atoms with Crippen LogP contribution >= 0.6 is 0 Å². The number of hydrogen-bond donors (Lipinski definition) is 1. The molecule has 2 rings (SSSR count). The number of ether oxygens (including phenoxy) is 4. The monoisotopic (exact) mass is 441 g/mol. The molecule has 0 saturated carbocycles. The average molecular weight is 441 g/mol. The Morgan fingerprint density at radius 3 is 2.29 bits per heavy atom. The van der Waals surface area contributed by atoms with Crippen molar-refractivity contribution in [3.8, 4) is 23.0 Å². The molecule has 31 heavy (non-hydrogen) atoms. The molecule has 0 saturated heterocycles. The lowest BCUT2D eigenvalue weighted by Crippen LogP contribution is -2.26. The maximum absolute atomic E-state index is 12.3. The van der Waals surface area contributed by atoms with Crippen LogP contribution in [-0.4, -0.2) is 46.6 Å². The fourth-order valence-electron chi connectivity index (χ4n) is 2.89. The summed E-state index contributed by atoms with van der Waals surface area (Å²) in [5, 5.41) is 2.85. The first kappa shape index (κ1) is 24.2. The van der Waals surface area contributed by atoms with Crippen LogP contribution in [0.2, 0.25) is 0 Å². The number of rotatable bonds is 11. The summed E-state index contributed by atoms with van der Waals surface area (Å²) in [4.78, 5) is 12.2. The topological polar surface area (TPSA) is 66.0 Å². The van der Waals surface area contributed by atoms with E-state index in [1.54, 1.807) is 32.4 Å². The highest BCUT2D eigenvalue weighted by atomic mass is 19.4. The molecule has 2 aromatic rings. The molecule has 0 atom stereocenters. The Kier molecular flexibility index (Phi) is 8.84. The number of aryl methyl sites for hydroxylation is 1. The molecule has 0 spiro atoms. The van der Waals surface area contributed by atoms with Crippen molar-refractivity contribution in [3.63, 3.8) is 0 Å². The molecule has 2 aromatic carbocycles. The van der Waals surface area contributed by atoms with Gasteiger partial charge in [0.15, 0.2) is 18.1 Å². The zero-order chi connectivity index (χ0) is 22.9. The highest BCUT2D eigenvalue weighted by molar-refractivity contribution is 5.76. The van der Waals surface area contributed by atoms with Crippen molar-refractivity contribution in [3.05, 3.63) is 47.5 Å². The summed E-state index contributed by atoms with van der Waals surface area (Å²) in [6.07, 6.45) is -3.20. The molecule has 0 unspecified atom stereocenters. The van der Waals surface area contributed by atoms with Crippen molar-refractivity contribution in [2.45, 2.75) is 25.4 Å². The molecule has 1 N–H and O–H groups in total. The lowest BCUT2D eigenvalue weighted by atomic mass is 10.1. The van der Waals surface area contributed by atoms with E-state index in [0.29, 0.717) is 30.9 Å². The van der Waals surface area contributed by atoms with Crippen LogP contribution in [0.25, 0.3) is 0 Å². The maximum atomic E-state index is 12.3. The van der Waals surface area contributed by atoms with E-state index < -0.39 is 12.8 Å². The second-order valence-corrected chi connectivity index (χ2v) is 6.67. The Bertz CT molecular complexity index is 871. The fourth-order valence-corrected chi connectivity index (χ4v) is 2.89. The van der Waals surface area contributed by atoms with Crippen molar-refractivity contribution in [1.29, 1.82) is 0 Å². The minimum Gasteiger partial charge on any atom is -0.497 e. The van der Waals surface area contributed by atoms with Gasteiger partial charge in [-0.15, -0.1) is 0 Å². The van der Waals surface area contributed by atoms with Crippen LogP contribution in [0, 0.1) is 0 Å². The number of halogens is 3. The molecular weight excluding hydrogens is 415 g/mol. The van der Waals surface area contributed by atoms with Crippen LogP contribution in [0.15, 0.2) is 36.4 Å². The Labute approximate surface area is 179 Å². The molecular formula is C22H26F3NO5. The number of hydrogen-bond acceptors (Lipinski definition) is 5. The Morgan fingerprint density at radius 1 is 0.903 bits per heavy atom. The molecule has 0 radical (unpaired) electrons. The van der Waals surface area contributed by atoms with Crippen LogP contribution in [0.4, 0.5) is 13.2 Å². The molecule has 0 aliphatic heterocycles. The van der Waals surface area contributed by atoms with E-state index in [-0.39, 0.29) is 23.8 Å². The number of alkyl halides is 3. The van der Waals surface area contributed by atoms with E-state index in [1.807, 2.05) is 12.1 Å². The SMILES string of the molecule is COc1ccc(CCNC(=O)CCc2ccc(OCC(F)(F)F)c(OC)c2)c(OC)c1. The van der Waals surface area contributed by atoms with Gasteiger partial charge < -0.3 is 24.3 Å². The van der Waals surface area contributed by atoms with Crippen LogP contribution < -0.4 is 24.3 Å². The molecule has 0 bridgehead atoms. The van der Waals surface area contributed by atoms with E-state index in [4.69, 9.17) is 18.9 Å². The summed E-state index contributed by atoms with van der Waals surface area (Å²) in [6.45, 7) is -0.959. The van der Waals surface area contributed by atoms with Crippen LogP contribution in [0.5, 0.6) is 23.0 Å². The van der Waals surface area contributed by atoms with Crippen LogP contribution in [-0.2, 0) is 17.6 Å². The summed E-state index contributed by atoms with van der Waals surface area (Å²) in [7, 11) is 4.50. The number of carbonyl (C=O) groups excluding carboxylic acids is 1. The van der Waals surface area contributed by atoms with Gasteiger partial charge in [-0.05, 0) is 42.2 Å². The van der Waals surface area contributed by atoms with Crippen molar-refractivity contribution >= 4 is 5.91 Å². The number of methoxy groups -OCH3 is 3. The number of carbonyl (C=O) groups is 1. The van der Waals surface area contributed by atoms with Crippen LogP contribution in [0.1, 0.15) is 17.5 Å². The van der Waals surface area contributed by atoms with E-state index in [9.17, 15) is 18.0 Å². The van der Waals surface area contributed by atoms with Crippen molar-refractivity contribution in [2.24, 2.45) is 0 Å². The molecule has 0 aromatic heterocycles. The van der Waals surface area contributed by atoms with Gasteiger partial charge in [-0.1, -0.05) is 12.1 Å². The van der Waals surface area contributed by atoms with Gasteiger partial charge >= 0.3 is 6.18 Å². The van der Waals surface area contributed by atoms with Crippen molar-refractivity contribution in [2.75, 3.05) is 34.5 Å². The molecule has 9 heteroatoms. The second-order valence-electron chi connectivity index (χ2n) is 6.67. The lowest BCUT2D eigenvalue weighted by Gasteiger charge is -2.13. The molecule has 6 nitrogen and oxygen atoms in total. The standard InChI is InChI=1S/C22H26F3NO5/c1-28-17-7-6-16(19(13-17)29-2)10-11-26-21(27)9-5-15-4-8-18(20(12-15)30-3)31-14-22(23,24)25/h4,6-8,12-13H,5,9-11,14H2,1-3H3,(H,26,27). The van der Waals surface area contributed by atoms with Gasteiger partial charge in [0, 0.05) is 19.0 Å². The molecule has 0 fully saturated rings. The van der Waals surface area contributed by atoms with Gasteiger partial charge in [-0.2, -0.15) is 13.2 Å². The molecule has 0 aliphatic rings. The third kappa shape index (κ3) is 7.92. The predicted octanol–water partition coefficient (Wildman–Crippen LogP) is 3.95. The quantitative estimate of drug-likeness (QED) is 0.572. The van der Waals surface area contributed by atoms with Crippen LogP contribution in [0.3, 0.4) is 0 Å². The van der Waals surface area contributed by atoms with Gasteiger partial charge in [-0.3, -0.25) is 4.79 Å². The largest absolute Gasteiger partial charge is 0.497 e. The van der Waals surface area contributed by atoms with Gasteiger partial charge in [0.25, 0.3) is 0 Å². The minimum atomic E-state index is -4.43. The molecule has 170 valence electrons. The van der Waals surface area contributed by atoms with Crippen molar-refractivity contribution < 1.29 is 36.9 Å². The number of benzene rings is 2. The van der Waals surface area contributed by atoms with Gasteiger partial charge in [-0.25, -0.2) is 0 Å². The van der Waals surface area contributed by atoms with Gasteiger partial charge in [0.2, 0.25) is 5.91 Å². The third-order valence-electron chi connectivity index (χ3n) is 4.47. The summed E-state index contributed by atoms with van der Waals surface area (Å²) in [5.41, 5.74) is 1.70.